The summed E-state index contributed by atoms with van der Waals surface area (Å²) in [5, 5.41) is 9.24. The Labute approximate surface area is 187 Å². The van der Waals surface area contributed by atoms with Gasteiger partial charge in [0.15, 0.2) is 20.8 Å². The molecule has 2 aromatic heterocycles. The molecule has 170 valence electrons. The van der Waals surface area contributed by atoms with Crippen LogP contribution in [0.5, 0.6) is 0 Å². The van der Waals surface area contributed by atoms with Crippen molar-refractivity contribution < 1.29 is 17.9 Å². The fourth-order valence-corrected chi connectivity index (χ4v) is 6.24. The lowest BCUT2D eigenvalue weighted by atomic mass is 10.1. The fraction of sp³-hybridized carbons (Fsp3) is 0.600. The summed E-state index contributed by atoms with van der Waals surface area (Å²) >= 11 is 1.31. The largest absolute Gasteiger partial charge is 0.383 e. The summed E-state index contributed by atoms with van der Waals surface area (Å²) in [6.45, 7) is 5.00. The second-order valence-corrected chi connectivity index (χ2v) is 10.8. The van der Waals surface area contributed by atoms with Crippen LogP contribution in [0.4, 0.5) is 0 Å². The first kappa shape index (κ1) is 23.7. The van der Waals surface area contributed by atoms with Gasteiger partial charge < -0.3 is 9.64 Å². The van der Waals surface area contributed by atoms with E-state index >= 15 is 0 Å². The van der Waals surface area contributed by atoms with Crippen molar-refractivity contribution in [3.63, 3.8) is 0 Å². The molecule has 0 N–H and O–H groups in total. The van der Waals surface area contributed by atoms with Crippen molar-refractivity contribution >= 4 is 27.5 Å². The third-order valence-corrected chi connectivity index (χ3v) is 8.16. The first-order valence-corrected chi connectivity index (χ1v) is 13.1. The molecule has 9 nitrogen and oxygen atoms in total. The zero-order valence-electron chi connectivity index (χ0n) is 18.1. The molecular weight excluding hydrogens is 438 g/mol. The number of ether oxygens (including phenoxy) is 1. The van der Waals surface area contributed by atoms with E-state index in [4.69, 9.17) is 4.74 Å². The normalized spacial score (nSPS) is 18.7. The second-order valence-electron chi connectivity index (χ2n) is 7.59. The summed E-state index contributed by atoms with van der Waals surface area (Å²) in [7, 11) is -1.44. The van der Waals surface area contributed by atoms with Crippen LogP contribution in [0.3, 0.4) is 0 Å². The van der Waals surface area contributed by atoms with Crippen LogP contribution < -0.4 is 0 Å². The lowest BCUT2D eigenvalue weighted by Crippen LogP contribution is -2.47. The van der Waals surface area contributed by atoms with Gasteiger partial charge in [0.2, 0.25) is 5.91 Å². The molecular formula is C20H29N5O4S2. The molecule has 0 saturated carbocycles. The van der Waals surface area contributed by atoms with Crippen molar-refractivity contribution in [2.24, 2.45) is 0 Å². The van der Waals surface area contributed by atoms with E-state index in [1.807, 2.05) is 30.5 Å². The Hall–Kier alpha value is -1.98. The summed E-state index contributed by atoms with van der Waals surface area (Å²) in [5.41, 5.74) is 0.883. The standard InChI is InChI=1S/C20H29N5O4S2/c1-4-15(2)25(17-7-12-31(27,28)14-17)18(26)13-30-20-23-22-19(24(20)10-11-29-3)16-5-8-21-9-6-16/h5-6,8-9,15,17H,4,7,10-14H2,1-3H3. The molecule has 2 aromatic rings. The van der Waals surface area contributed by atoms with Gasteiger partial charge in [-0.3, -0.25) is 14.3 Å². The number of nitrogens with zero attached hydrogens (tertiary/aromatic N) is 5. The van der Waals surface area contributed by atoms with Gasteiger partial charge in [0, 0.05) is 37.2 Å². The Morgan fingerprint density at radius 2 is 2.10 bits per heavy atom. The number of rotatable bonds is 10. The van der Waals surface area contributed by atoms with E-state index in [1.165, 1.54) is 11.8 Å². The van der Waals surface area contributed by atoms with E-state index in [-0.39, 0.29) is 35.2 Å². The average molecular weight is 468 g/mol. The highest BCUT2D eigenvalue weighted by atomic mass is 32.2. The first-order valence-electron chi connectivity index (χ1n) is 10.3. The highest BCUT2D eigenvalue weighted by molar-refractivity contribution is 7.99. The molecule has 1 amide bonds. The van der Waals surface area contributed by atoms with Gasteiger partial charge in [-0.15, -0.1) is 10.2 Å². The number of hydrogen-bond donors (Lipinski definition) is 0. The number of aromatic nitrogens is 4. The molecule has 1 saturated heterocycles. The van der Waals surface area contributed by atoms with Gasteiger partial charge in [0.1, 0.15) is 0 Å². The number of thioether (sulfide) groups is 1. The summed E-state index contributed by atoms with van der Waals surface area (Å²) in [5.74, 6) is 0.973. The van der Waals surface area contributed by atoms with Crippen LogP contribution in [-0.2, 0) is 25.9 Å². The molecule has 0 radical (unpaired) electrons. The average Bonchev–Trinajstić information content (AvgIpc) is 3.33. The van der Waals surface area contributed by atoms with Crippen LogP contribution in [-0.4, -0.2) is 82.0 Å². The minimum Gasteiger partial charge on any atom is -0.383 e. The quantitative estimate of drug-likeness (QED) is 0.488. The van der Waals surface area contributed by atoms with E-state index in [1.54, 1.807) is 24.4 Å². The molecule has 11 heteroatoms. The van der Waals surface area contributed by atoms with Crippen molar-refractivity contribution in [1.29, 1.82) is 0 Å². The Morgan fingerprint density at radius 1 is 1.35 bits per heavy atom. The van der Waals surface area contributed by atoms with Gasteiger partial charge in [-0.2, -0.15) is 0 Å². The van der Waals surface area contributed by atoms with E-state index in [9.17, 15) is 13.2 Å². The Morgan fingerprint density at radius 3 is 2.71 bits per heavy atom. The lowest BCUT2D eigenvalue weighted by Gasteiger charge is -2.33. The highest BCUT2D eigenvalue weighted by Crippen LogP contribution is 2.26. The Balaban J connectivity index is 1.77. The molecule has 3 heterocycles. The van der Waals surface area contributed by atoms with E-state index < -0.39 is 9.84 Å². The third kappa shape index (κ3) is 5.83. The molecule has 0 aliphatic carbocycles. The van der Waals surface area contributed by atoms with E-state index in [0.29, 0.717) is 30.6 Å². The van der Waals surface area contributed by atoms with Crippen LogP contribution in [0.1, 0.15) is 26.7 Å². The summed E-state index contributed by atoms with van der Waals surface area (Å²) in [6.07, 6.45) is 4.66. The minimum atomic E-state index is -3.07. The van der Waals surface area contributed by atoms with E-state index in [0.717, 1.165) is 12.0 Å². The maximum atomic E-state index is 13.1. The molecule has 1 fully saturated rings. The number of carbonyl (C=O) groups excluding carboxylic acids is 1. The van der Waals surface area contributed by atoms with Crippen molar-refractivity contribution in [1.82, 2.24) is 24.6 Å². The molecule has 1 aliphatic rings. The smallest absolute Gasteiger partial charge is 0.233 e. The summed E-state index contributed by atoms with van der Waals surface area (Å²) in [4.78, 5) is 18.9. The summed E-state index contributed by atoms with van der Waals surface area (Å²) in [6, 6.07) is 3.44. The number of carbonyl (C=O) groups is 1. The fourth-order valence-electron chi connectivity index (χ4n) is 3.70. The van der Waals surface area contributed by atoms with Gasteiger partial charge >= 0.3 is 0 Å². The molecule has 0 bridgehead atoms. The number of methoxy groups -OCH3 is 1. The topological polar surface area (TPSA) is 107 Å². The van der Waals surface area contributed by atoms with Crippen molar-refractivity contribution in [3.05, 3.63) is 24.5 Å². The summed E-state index contributed by atoms with van der Waals surface area (Å²) < 4.78 is 31.1. The number of amides is 1. The predicted molar refractivity (Wildman–Crippen MR) is 120 cm³/mol. The Kier molecular flexibility index (Phi) is 8.06. The first-order chi connectivity index (χ1) is 14.9. The third-order valence-electron chi connectivity index (χ3n) is 5.45. The SMILES string of the molecule is CCC(C)N(C(=O)CSc1nnc(-c2ccncc2)n1CCOC)C1CCS(=O)(=O)C1. The predicted octanol–water partition coefficient (Wildman–Crippen LogP) is 1.89. The molecule has 2 unspecified atom stereocenters. The molecule has 0 spiro atoms. The second kappa shape index (κ2) is 10.6. The number of pyridine rings is 1. The maximum absolute atomic E-state index is 13.1. The Bertz CT molecular complexity index is 981. The molecule has 0 aromatic carbocycles. The zero-order chi connectivity index (χ0) is 22.4. The zero-order valence-corrected chi connectivity index (χ0v) is 19.7. The molecule has 3 rings (SSSR count). The monoisotopic (exact) mass is 467 g/mol. The molecule has 2 atom stereocenters. The van der Waals surface area contributed by atoms with Gasteiger partial charge in [-0.1, -0.05) is 18.7 Å². The van der Waals surface area contributed by atoms with Crippen molar-refractivity contribution in [3.8, 4) is 11.4 Å². The van der Waals surface area contributed by atoms with Crippen LogP contribution in [0.2, 0.25) is 0 Å². The van der Waals surface area contributed by atoms with Crippen molar-refractivity contribution in [2.45, 2.75) is 50.5 Å². The van der Waals surface area contributed by atoms with Gasteiger partial charge in [0.25, 0.3) is 0 Å². The molecule has 31 heavy (non-hydrogen) atoms. The maximum Gasteiger partial charge on any atom is 0.233 e. The van der Waals surface area contributed by atoms with Gasteiger partial charge in [0.05, 0.1) is 30.4 Å². The van der Waals surface area contributed by atoms with Crippen LogP contribution >= 0.6 is 11.8 Å². The van der Waals surface area contributed by atoms with Crippen molar-refractivity contribution in [2.75, 3.05) is 31.0 Å². The number of sulfone groups is 1. The van der Waals surface area contributed by atoms with Gasteiger partial charge in [-0.05, 0) is 31.9 Å². The highest BCUT2D eigenvalue weighted by Gasteiger charge is 2.36. The number of hydrogen-bond acceptors (Lipinski definition) is 8. The van der Waals surface area contributed by atoms with Gasteiger partial charge in [-0.25, -0.2) is 8.42 Å². The van der Waals surface area contributed by atoms with Crippen LogP contribution in [0.15, 0.2) is 29.7 Å². The lowest BCUT2D eigenvalue weighted by molar-refractivity contribution is -0.132. The van der Waals surface area contributed by atoms with E-state index in [2.05, 4.69) is 15.2 Å². The van der Waals surface area contributed by atoms with Crippen LogP contribution in [0, 0.1) is 0 Å². The van der Waals surface area contributed by atoms with Crippen LogP contribution in [0.25, 0.3) is 11.4 Å². The minimum absolute atomic E-state index is 0.0230. The molecule has 1 aliphatic heterocycles.